The van der Waals surface area contributed by atoms with Gasteiger partial charge >= 0.3 is 89.5 Å². The minimum atomic E-state index is -1.27. The summed E-state index contributed by atoms with van der Waals surface area (Å²) in [7, 11) is 0. The molecule has 0 spiro atoms. The van der Waals surface area contributed by atoms with Crippen LogP contribution in [0.25, 0.3) is 0 Å². The van der Waals surface area contributed by atoms with Crippen molar-refractivity contribution in [1.82, 2.24) is 0 Å². The van der Waals surface area contributed by atoms with Crippen LogP contribution in [0.4, 0.5) is 0 Å². The summed E-state index contributed by atoms with van der Waals surface area (Å²) in [5.74, 6) is -13.4. The van der Waals surface area contributed by atoms with Gasteiger partial charge in [0, 0.05) is 104 Å². The van der Waals surface area contributed by atoms with Gasteiger partial charge in [-0.3, -0.25) is 19.2 Å². The van der Waals surface area contributed by atoms with Crippen LogP contribution in [0.5, 0.6) is 0 Å². The summed E-state index contributed by atoms with van der Waals surface area (Å²) in [4.78, 5) is 188. The molecule has 0 aromatic heterocycles. The number of aliphatic hydroxyl groups is 5. The number of ketones is 2. The van der Waals surface area contributed by atoms with Gasteiger partial charge in [-0.25, -0.2) is 62.3 Å². The Kier molecular flexibility index (Phi) is 44.5. The summed E-state index contributed by atoms with van der Waals surface area (Å²) in [6.07, 6.45) is 1.30. The predicted octanol–water partition coefficient (Wildman–Crippen LogP) is -1.57. The number of aliphatic hydroxyl groups excluding tert-OH is 5. The molecule has 51 heteroatoms. The number of rotatable bonds is 32. The molecule has 770 valence electrons. The van der Waals surface area contributed by atoms with Crippen LogP contribution in [0, 0.1) is 11.8 Å². The first-order chi connectivity index (χ1) is 66.4. The lowest BCUT2D eigenvalue weighted by Crippen LogP contribution is -2.35. The Balaban J connectivity index is 0.000000201. The molecule has 14 heterocycles. The third kappa shape index (κ3) is 36.2. The molecule has 140 heavy (non-hydrogen) atoms. The second kappa shape index (κ2) is 55.3. The molecule has 0 saturated carbocycles. The molecule has 0 unspecified atom stereocenters. The van der Waals surface area contributed by atoms with Crippen molar-refractivity contribution in [1.29, 1.82) is 0 Å². The first kappa shape index (κ1) is 113. The number of hydrogen-bond donors (Lipinski definition) is 10. The van der Waals surface area contributed by atoms with Gasteiger partial charge in [-0.2, -0.15) is 0 Å². The van der Waals surface area contributed by atoms with Crippen molar-refractivity contribution in [2.45, 2.75) is 212 Å². The summed E-state index contributed by atoms with van der Waals surface area (Å²) in [6, 6.07) is 0. The monoisotopic (exact) mass is 1990 g/mol. The van der Waals surface area contributed by atoms with Crippen molar-refractivity contribution in [3.63, 3.8) is 0 Å². The van der Waals surface area contributed by atoms with E-state index in [9.17, 15) is 91.7 Å². The molecule has 0 radical (unpaired) electrons. The van der Waals surface area contributed by atoms with Gasteiger partial charge in [0.2, 0.25) is 0 Å². The zero-order valence-corrected chi connectivity index (χ0v) is 75.5. The van der Waals surface area contributed by atoms with Crippen LogP contribution >= 0.6 is 0 Å². The molecular formula is C89H108O51. The third-order valence-electron chi connectivity index (χ3n) is 21.4. The Morgan fingerprint density at radius 3 is 0.607 bits per heavy atom. The molecule has 51 nitrogen and oxygen atoms in total. The summed E-state index contributed by atoms with van der Waals surface area (Å²) in [6.45, 7) is 19.4. The zero-order chi connectivity index (χ0) is 103. The number of allylic oxidation sites excluding steroid dienone is 5. The molecule has 14 fully saturated rings. The van der Waals surface area contributed by atoms with Crippen LogP contribution in [-0.4, -0.2) is 403 Å². The molecule has 0 amide bonds. The van der Waals surface area contributed by atoms with Crippen molar-refractivity contribution in [2.24, 2.45) is 11.8 Å². The number of fused-ring (bicyclic) bond motifs is 7. The minimum Gasteiger partial charge on any atom is -0.513 e. The fourth-order valence-corrected chi connectivity index (χ4v) is 15.2. The molecule has 10 N–H and O–H groups in total. The van der Waals surface area contributed by atoms with Crippen LogP contribution in [0.15, 0.2) is 134 Å². The third-order valence-corrected chi connectivity index (χ3v) is 21.4. The molecule has 28 atom stereocenters. The highest BCUT2D eigenvalue weighted by Crippen LogP contribution is 2.38. The van der Waals surface area contributed by atoms with Crippen molar-refractivity contribution in [2.75, 3.05) is 92.5 Å². The second-order valence-corrected chi connectivity index (χ2v) is 32.3. The predicted molar refractivity (Wildman–Crippen MR) is 452 cm³/mol. The van der Waals surface area contributed by atoms with Gasteiger partial charge < -0.3 is 165 Å². The Bertz CT molecular complexity index is 4320. The van der Waals surface area contributed by atoms with E-state index in [0.717, 1.165) is 79.0 Å². The SMILES string of the molecule is C=C(O)/C=C\C(=O)O[C@H]1CO[C@H]2[C@@H]1OC[C@@H]2OC(=O)/C=C\C(=O)O.C=C(O)CCC(=O)O[C@@H]1CO[C@H]2[C@@H]1OC[C@H]2O.C=C(O)CCC(=O)O[C@@H]1CO[C@H]2[C@@H]1OC[C@H]2OC(=O)/C=C/C(=O)O.CC(=O)/C=C/C(=O)O[C@@H]1CO[C@H]2[C@@H]1OC[C@H]2O.CC(=O)/C=C/C(=O)O[C@@H]1CO[C@H]2[C@@H]1OC[C@H]2OC(=O)/C=C/C(=O)O.C[C@@H]1CO[C@H]2[C@@H]1OC[C@H]2OC(=O)/C=C/C(=O)O.C[C@@H]1CO[C@H]2[C@@H]1OC[C@H]2OC(=O)/C=C/C(=O)O. The maximum atomic E-state index is 11.7. The van der Waals surface area contributed by atoms with Crippen LogP contribution in [0.1, 0.15) is 53.4 Å². The van der Waals surface area contributed by atoms with Gasteiger partial charge in [-0.1, -0.05) is 33.6 Å². The highest BCUT2D eigenvalue weighted by Gasteiger charge is 2.56. The van der Waals surface area contributed by atoms with Crippen molar-refractivity contribution in [3.8, 4) is 0 Å². The number of carbonyl (C=O) groups excluding carboxylic acids is 12. The zero-order valence-electron chi connectivity index (χ0n) is 75.5. The maximum Gasteiger partial charge on any atom is 0.331 e. The number of aliphatic carboxylic acids is 5. The fraction of sp³-hybridized carbons (Fsp3) is 0.562. The minimum absolute atomic E-state index is 0.0123. The Hall–Kier alpha value is -12.7. The molecule has 0 aliphatic carbocycles. The first-order valence-electron chi connectivity index (χ1n) is 43.1. The van der Waals surface area contributed by atoms with E-state index in [1.165, 1.54) is 13.8 Å². The van der Waals surface area contributed by atoms with E-state index in [4.69, 9.17) is 155 Å². The lowest BCUT2D eigenvalue weighted by Gasteiger charge is -2.17. The highest BCUT2D eigenvalue weighted by atomic mass is 16.7. The Morgan fingerprint density at radius 2 is 0.400 bits per heavy atom. The lowest BCUT2D eigenvalue weighted by molar-refractivity contribution is -0.155. The quantitative estimate of drug-likeness (QED) is 0.0120. The topological polar surface area (TPSA) is 714 Å². The van der Waals surface area contributed by atoms with E-state index in [0.29, 0.717) is 56.5 Å². The molecule has 0 aromatic carbocycles. The van der Waals surface area contributed by atoms with E-state index in [2.05, 4.69) is 19.7 Å². The van der Waals surface area contributed by atoms with Crippen molar-refractivity contribution in [3.05, 3.63) is 134 Å². The largest absolute Gasteiger partial charge is 0.513 e. The Morgan fingerprint density at radius 1 is 0.229 bits per heavy atom. The summed E-state index contributed by atoms with van der Waals surface area (Å²) < 4.78 is 127. The van der Waals surface area contributed by atoms with Gasteiger partial charge in [0.05, 0.1) is 129 Å². The maximum absolute atomic E-state index is 11.7. The van der Waals surface area contributed by atoms with Gasteiger partial charge in [0.1, 0.15) is 91.2 Å². The fourth-order valence-electron chi connectivity index (χ4n) is 15.2. The Labute approximate surface area is 795 Å². The van der Waals surface area contributed by atoms with Crippen LogP contribution < -0.4 is 0 Å². The van der Waals surface area contributed by atoms with Crippen LogP contribution in [0.2, 0.25) is 0 Å². The summed E-state index contributed by atoms with van der Waals surface area (Å²) >= 11 is 0. The molecule has 0 aromatic rings. The highest BCUT2D eigenvalue weighted by molar-refractivity contribution is 5.96. The molecule has 14 aliphatic heterocycles. The number of carbonyl (C=O) groups is 17. The lowest BCUT2D eigenvalue weighted by atomic mass is 10.0. The average Bonchev–Trinajstić information content (AvgIpc) is 1.62. The first-order valence-corrected chi connectivity index (χ1v) is 43.1. The second-order valence-electron chi connectivity index (χ2n) is 32.3. The van der Waals surface area contributed by atoms with E-state index in [1.807, 2.05) is 13.8 Å². The number of hydrogen-bond acceptors (Lipinski definition) is 46. The van der Waals surface area contributed by atoms with Gasteiger partial charge in [-0.15, -0.1) is 0 Å². The molecule has 14 rings (SSSR count). The number of carboxylic acid groups (broad SMARTS) is 5. The normalized spacial score (nSPS) is 32.2. The standard InChI is InChI=1S/C15H18O9.2C15H16O9.2C11H14O6.C11H16O6.C11H14O6/c3*1-8(16)2-4-12(19)23-9-6-21-15-10(7-22-14(9)15)24-13(20)5-3-11(17)18;2*1-6-4-15-11-7(5-16-10(6)11)17-9(14)3-2-8(12)13;2*1-6(12)2-3-9(14)17-8-5-16-10-7(13)4-15-11(8)10/h3,5,9-10,14-16H,1-2,4,6-7H2,(H,17,18);2-5,9-10,14-15H,6-7H2,1H3,(H,17,18);2-5,9-10,14-16H,1,6-7H2,(H,17,18);2*2-3,6-7,10-11H,4-5H2,1H3,(H,12,13);7-8,10-13H,1-5H2;2-3,7-8,10-11,13H,4-5H2,1H3/b5-3+;4-2+,5-3+;4-2-,5-3-;2*3-2+;;3-2+/t2*9-,10-,14-,15-;9-,10-,14+,15+;2*6-,7-,10-,11-;2*7-,8-,10-,11-/m1101111/s1. The number of esters is 10. The van der Waals surface area contributed by atoms with E-state index in [1.54, 1.807) is 0 Å². The van der Waals surface area contributed by atoms with E-state index >= 15 is 0 Å². The molecular weight excluding hydrogens is 1880 g/mol. The molecule has 0 bridgehead atoms. The molecule has 14 aliphatic rings. The van der Waals surface area contributed by atoms with Crippen LogP contribution in [-0.2, 0) is 195 Å². The van der Waals surface area contributed by atoms with Gasteiger partial charge in [-0.05, 0) is 32.1 Å². The van der Waals surface area contributed by atoms with Crippen molar-refractivity contribution < 1.29 is 246 Å². The van der Waals surface area contributed by atoms with Gasteiger partial charge in [0.25, 0.3) is 0 Å². The van der Waals surface area contributed by atoms with Crippen LogP contribution in [0.3, 0.4) is 0 Å². The van der Waals surface area contributed by atoms with E-state index in [-0.39, 0.29) is 151 Å². The number of ether oxygens (including phenoxy) is 24. The van der Waals surface area contributed by atoms with E-state index < -0.39 is 218 Å². The summed E-state index contributed by atoms with van der Waals surface area (Å²) in [5, 5.41) is 87.8. The van der Waals surface area contributed by atoms with Gasteiger partial charge in [0.15, 0.2) is 72.6 Å². The van der Waals surface area contributed by atoms with Crippen molar-refractivity contribution >= 4 is 101 Å². The number of carboxylic acids is 5. The average molecular weight is 1990 g/mol. The molecule has 14 saturated heterocycles. The summed E-state index contributed by atoms with van der Waals surface area (Å²) in [5.41, 5.74) is 0. The smallest absolute Gasteiger partial charge is 0.331 e.